The lowest BCUT2D eigenvalue weighted by Gasteiger charge is -2.10. The molecule has 17 heavy (non-hydrogen) atoms. The highest BCUT2D eigenvalue weighted by molar-refractivity contribution is 5.59. The largest absolute Gasteiger partial charge is 0.495 e. The van der Waals surface area contributed by atoms with E-state index >= 15 is 0 Å². The number of benzene rings is 1. The van der Waals surface area contributed by atoms with Gasteiger partial charge in [-0.3, -0.25) is 0 Å². The minimum Gasteiger partial charge on any atom is -0.495 e. The summed E-state index contributed by atoms with van der Waals surface area (Å²) in [6.45, 7) is 0.714. The standard InChI is InChI=1S/C13H13N3O/c1-17-13-6-10(7-14)2-3-12(13)16-9-11-4-5-15-8-11/h2-6,8,15-16H,9H2,1H3. The number of H-pyrrole nitrogens is 1. The summed E-state index contributed by atoms with van der Waals surface area (Å²) in [5.74, 6) is 0.680. The van der Waals surface area contributed by atoms with Crippen LogP contribution in [0.1, 0.15) is 11.1 Å². The van der Waals surface area contributed by atoms with Crippen LogP contribution in [0.4, 0.5) is 5.69 Å². The highest BCUT2D eigenvalue weighted by Gasteiger charge is 2.04. The number of rotatable bonds is 4. The monoisotopic (exact) mass is 227 g/mol. The fraction of sp³-hybridized carbons (Fsp3) is 0.154. The van der Waals surface area contributed by atoms with Gasteiger partial charge >= 0.3 is 0 Å². The number of nitriles is 1. The van der Waals surface area contributed by atoms with Gasteiger partial charge in [0.05, 0.1) is 24.4 Å². The molecule has 0 unspecified atom stereocenters. The SMILES string of the molecule is COc1cc(C#N)ccc1NCc1cc[nH]c1. The Bertz CT molecular complexity index is 526. The Hall–Kier alpha value is -2.41. The zero-order valence-corrected chi connectivity index (χ0v) is 9.53. The summed E-state index contributed by atoms with van der Waals surface area (Å²) in [6.07, 6.45) is 3.82. The van der Waals surface area contributed by atoms with Crippen molar-refractivity contribution in [2.75, 3.05) is 12.4 Å². The molecule has 0 amide bonds. The molecular weight excluding hydrogens is 214 g/mol. The molecule has 2 N–H and O–H groups in total. The molecule has 4 heteroatoms. The summed E-state index contributed by atoms with van der Waals surface area (Å²) in [4.78, 5) is 3.00. The first-order chi connectivity index (χ1) is 8.33. The molecule has 1 aromatic carbocycles. The van der Waals surface area contributed by atoms with Gasteiger partial charge in [0.2, 0.25) is 0 Å². The van der Waals surface area contributed by atoms with Crippen molar-refractivity contribution < 1.29 is 4.74 Å². The van der Waals surface area contributed by atoms with E-state index in [4.69, 9.17) is 10.00 Å². The van der Waals surface area contributed by atoms with Gasteiger partial charge in [0, 0.05) is 25.0 Å². The molecule has 2 aromatic rings. The van der Waals surface area contributed by atoms with Crippen molar-refractivity contribution in [3.05, 3.63) is 47.8 Å². The van der Waals surface area contributed by atoms with Gasteiger partial charge in [-0.25, -0.2) is 0 Å². The Balaban J connectivity index is 2.13. The topological polar surface area (TPSA) is 60.8 Å². The van der Waals surface area contributed by atoms with E-state index in [9.17, 15) is 0 Å². The van der Waals surface area contributed by atoms with Crippen LogP contribution < -0.4 is 10.1 Å². The minimum absolute atomic E-state index is 0.592. The summed E-state index contributed by atoms with van der Waals surface area (Å²) in [5, 5.41) is 12.1. The van der Waals surface area contributed by atoms with E-state index in [0.29, 0.717) is 17.9 Å². The molecule has 86 valence electrons. The first-order valence-electron chi connectivity index (χ1n) is 5.27. The molecule has 2 rings (SSSR count). The lowest BCUT2D eigenvalue weighted by Crippen LogP contribution is -2.00. The fourth-order valence-corrected chi connectivity index (χ4v) is 1.57. The average Bonchev–Trinajstić information content (AvgIpc) is 2.89. The Morgan fingerprint density at radius 3 is 2.94 bits per heavy atom. The van der Waals surface area contributed by atoms with Gasteiger partial charge in [-0.15, -0.1) is 0 Å². The third kappa shape index (κ3) is 2.58. The Labute approximate surface area is 99.8 Å². The van der Waals surface area contributed by atoms with E-state index in [-0.39, 0.29) is 0 Å². The molecular formula is C13H13N3O. The van der Waals surface area contributed by atoms with E-state index in [0.717, 1.165) is 11.3 Å². The number of hydrogen-bond donors (Lipinski definition) is 2. The Kier molecular flexibility index (Phi) is 3.31. The molecule has 0 radical (unpaired) electrons. The lowest BCUT2D eigenvalue weighted by molar-refractivity contribution is 0.416. The second-order valence-electron chi connectivity index (χ2n) is 3.60. The molecule has 0 atom stereocenters. The Morgan fingerprint density at radius 2 is 2.29 bits per heavy atom. The van der Waals surface area contributed by atoms with Crippen molar-refractivity contribution in [3.63, 3.8) is 0 Å². The predicted molar refractivity (Wildman–Crippen MR) is 65.8 cm³/mol. The van der Waals surface area contributed by atoms with Gasteiger partial charge in [-0.1, -0.05) is 0 Å². The van der Waals surface area contributed by atoms with Crippen molar-refractivity contribution in [3.8, 4) is 11.8 Å². The van der Waals surface area contributed by atoms with Crippen LogP contribution in [-0.4, -0.2) is 12.1 Å². The average molecular weight is 227 g/mol. The molecule has 0 spiro atoms. The summed E-state index contributed by atoms with van der Waals surface area (Å²) in [7, 11) is 1.60. The highest BCUT2D eigenvalue weighted by atomic mass is 16.5. The van der Waals surface area contributed by atoms with Gasteiger partial charge in [-0.2, -0.15) is 5.26 Å². The number of aromatic amines is 1. The van der Waals surface area contributed by atoms with Crippen molar-refractivity contribution in [2.45, 2.75) is 6.54 Å². The van der Waals surface area contributed by atoms with Gasteiger partial charge < -0.3 is 15.0 Å². The molecule has 0 bridgehead atoms. The summed E-state index contributed by atoms with van der Waals surface area (Å²) in [6, 6.07) is 9.43. The van der Waals surface area contributed by atoms with Crippen LogP contribution in [0.2, 0.25) is 0 Å². The quantitative estimate of drug-likeness (QED) is 0.843. The molecule has 1 heterocycles. The van der Waals surface area contributed by atoms with E-state index in [1.807, 2.05) is 24.5 Å². The normalized spacial score (nSPS) is 9.65. The number of methoxy groups -OCH3 is 1. The molecule has 0 aliphatic carbocycles. The van der Waals surface area contributed by atoms with Crippen molar-refractivity contribution in [1.82, 2.24) is 4.98 Å². The number of nitrogens with zero attached hydrogens (tertiary/aromatic N) is 1. The number of aromatic nitrogens is 1. The second kappa shape index (κ2) is 5.08. The van der Waals surface area contributed by atoms with Gasteiger partial charge in [0.25, 0.3) is 0 Å². The van der Waals surface area contributed by atoms with Crippen LogP contribution in [0.3, 0.4) is 0 Å². The molecule has 4 nitrogen and oxygen atoms in total. The molecule has 0 saturated heterocycles. The van der Waals surface area contributed by atoms with Gasteiger partial charge in [-0.05, 0) is 23.8 Å². The number of anilines is 1. The first kappa shape index (κ1) is 11.1. The van der Waals surface area contributed by atoms with Gasteiger partial charge in [0.15, 0.2) is 0 Å². The fourth-order valence-electron chi connectivity index (χ4n) is 1.57. The maximum Gasteiger partial charge on any atom is 0.143 e. The van der Waals surface area contributed by atoms with Crippen LogP contribution in [0.15, 0.2) is 36.7 Å². The maximum atomic E-state index is 8.80. The van der Waals surface area contributed by atoms with Crippen molar-refractivity contribution >= 4 is 5.69 Å². The molecule has 0 fully saturated rings. The zero-order chi connectivity index (χ0) is 12.1. The molecule has 0 saturated carbocycles. The smallest absolute Gasteiger partial charge is 0.143 e. The first-order valence-corrected chi connectivity index (χ1v) is 5.27. The molecule has 1 aromatic heterocycles. The Morgan fingerprint density at radius 1 is 1.41 bits per heavy atom. The molecule has 0 aliphatic rings. The lowest BCUT2D eigenvalue weighted by atomic mass is 10.2. The van der Waals surface area contributed by atoms with E-state index in [1.165, 1.54) is 0 Å². The van der Waals surface area contributed by atoms with Gasteiger partial charge in [0.1, 0.15) is 5.75 Å². The molecule has 0 aliphatic heterocycles. The summed E-state index contributed by atoms with van der Waals surface area (Å²) >= 11 is 0. The van der Waals surface area contributed by atoms with Crippen molar-refractivity contribution in [2.24, 2.45) is 0 Å². The van der Waals surface area contributed by atoms with E-state index in [1.54, 1.807) is 19.2 Å². The summed E-state index contributed by atoms with van der Waals surface area (Å²) in [5.41, 5.74) is 2.64. The van der Waals surface area contributed by atoms with E-state index in [2.05, 4.69) is 16.4 Å². The summed E-state index contributed by atoms with van der Waals surface area (Å²) < 4.78 is 5.24. The third-order valence-electron chi connectivity index (χ3n) is 2.48. The third-order valence-corrected chi connectivity index (χ3v) is 2.48. The van der Waals surface area contributed by atoms with Crippen molar-refractivity contribution in [1.29, 1.82) is 5.26 Å². The van der Waals surface area contributed by atoms with Crippen LogP contribution in [0.5, 0.6) is 5.75 Å². The number of hydrogen-bond acceptors (Lipinski definition) is 3. The van der Waals surface area contributed by atoms with Crippen LogP contribution in [-0.2, 0) is 6.54 Å². The minimum atomic E-state index is 0.592. The predicted octanol–water partition coefficient (Wildman–Crippen LogP) is 2.51. The van der Waals surface area contributed by atoms with E-state index < -0.39 is 0 Å². The second-order valence-corrected chi connectivity index (χ2v) is 3.60. The van der Waals surface area contributed by atoms with Crippen LogP contribution in [0, 0.1) is 11.3 Å². The highest BCUT2D eigenvalue weighted by Crippen LogP contribution is 2.25. The maximum absolute atomic E-state index is 8.80. The zero-order valence-electron chi connectivity index (χ0n) is 9.53. The van der Waals surface area contributed by atoms with Crippen LogP contribution in [0.25, 0.3) is 0 Å². The number of ether oxygens (including phenoxy) is 1. The van der Waals surface area contributed by atoms with Crippen LogP contribution >= 0.6 is 0 Å². The number of nitrogens with one attached hydrogen (secondary N) is 2.